The van der Waals surface area contributed by atoms with Crippen LogP contribution >= 0.6 is 21.5 Å². The topological polar surface area (TPSA) is 79.5 Å². The third kappa shape index (κ3) is 11.2. The van der Waals surface area contributed by atoms with Crippen LogP contribution in [0.1, 0.15) is 83.0 Å². The summed E-state index contributed by atoms with van der Waals surface area (Å²) in [5, 5.41) is 4.03. The number of rotatable bonds is 7. The number of benzene rings is 3. The fourth-order valence-electron chi connectivity index (χ4n) is 5.20. The van der Waals surface area contributed by atoms with Gasteiger partial charge >= 0.3 is 12.2 Å². The minimum atomic E-state index is -1.71. The Labute approximate surface area is 317 Å². The van der Waals surface area contributed by atoms with E-state index in [1.54, 1.807) is 43.5 Å². The smallest absolute Gasteiger partial charge is 0.419 e. The number of halogens is 1. The van der Waals surface area contributed by atoms with E-state index < -0.39 is 23.3 Å². The van der Waals surface area contributed by atoms with E-state index in [9.17, 15) is 14.4 Å². The lowest BCUT2D eigenvalue weighted by atomic mass is 10.2. The van der Waals surface area contributed by atoms with E-state index in [2.05, 4.69) is 113 Å². The van der Waals surface area contributed by atoms with Gasteiger partial charge in [-0.1, -0.05) is 75.0 Å². The summed E-state index contributed by atoms with van der Waals surface area (Å²) >= 11 is 4.12. The van der Waals surface area contributed by atoms with Crippen LogP contribution in [0.3, 0.4) is 0 Å². The molecule has 0 saturated carbocycles. The SMILES string of the molecule is Br[P+](c1ccccc1)(c1ccccc1)c1ccccc1.C=Cc1ccc(CC)n1C(=O)OC(C)(C)C.CCc1ccc(C=O)n1C(=O)OC(C)(C)C. The highest BCUT2D eigenvalue weighted by Crippen LogP contribution is 2.62. The molecule has 3 aromatic carbocycles. The third-order valence-electron chi connectivity index (χ3n) is 7.53. The Balaban J connectivity index is 0.000000213. The lowest BCUT2D eigenvalue weighted by Gasteiger charge is -2.21. The lowest BCUT2D eigenvalue weighted by Crippen LogP contribution is -2.28. The van der Waals surface area contributed by atoms with Crippen LogP contribution < -0.4 is 15.9 Å². The Morgan fingerprint density at radius 1 is 0.615 bits per heavy atom. The zero-order valence-electron chi connectivity index (χ0n) is 31.5. The predicted molar refractivity (Wildman–Crippen MR) is 220 cm³/mol. The van der Waals surface area contributed by atoms with Crippen molar-refractivity contribution in [2.45, 2.75) is 79.4 Å². The number of hydrogen-bond acceptors (Lipinski definition) is 5. The van der Waals surface area contributed by atoms with Crippen LogP contribution in [-0.4, -0.2) is 38.8 Å². The zero-order chi connectivity index (χ0) is 38.5. The molecule has 2 heterocycles. The van der Waals surface area contributed by atoms with E-state index in [-0.39, 0.29) is 6.09 Å². The summed E-state index contributed by atoms with van der Waals surface area (Å²) in [6.45, 7) is 18.6. The molecule has 0 aliphatic rings. The van der Waals surface area contributed by atoms with Crippen molar-refractivity contribution in [3.63, 3.8) is 0 Å². The normalized spacial score (nSPS) is 11.2. The van der Waals surface area contributed by atoms with Crippen LogP contribution in [0.5, 0.6) is 0 Å². The first-order valence-electron chi connectivity index (χ1n) is 17.3. The van der Waals surface area contributed by atoms with Crippen molar-refractivity contribution >= 4 is 61.9 Å². The van der Waals surface area contributed by atoms with Gasteiger partial charge < -0.3 is 9.47 Å². The van der Waals surface area contributed by atoms with Gasteiger partial charge in [0.1, 0.15) is 27.1 Å². The predicted octanol–water partition coefficient (Wildman–Crippen LogP) is 10.4. The second kappa shape index (κ2) is 18.8. The highest BCUT2D eigenvalue weighted by molar-refractivity contribution is 9.44. The quantitative estimate of drug-likeness (QED) is 0.121. The molecular formula is C43H51BrN2O5P+. The summed E-state index contributed by atoms with van der Waals surface area (Å²) in [5.74, 6) is -1.71. The summed E-state index contributed by atoms with van der Waals surface area (Å²) < 4.78 is 13.5. The molecule has 0 radical (unpaired) electrons. The second-order valence-corrected chi connectivity index (χ2v) is 19.7. The van der Waals surface area contributed by atoms with Crippen molar-refractivity contribution in [1.82, 2.24) is 9.13 Å². The Morgan fingerprint density at radius 2 is 0.942 bits per heavy atom. The first-order chi connectivity index (χ1) is 24.6. The van der Waals surface area contributed by atoms with E-state index in [1.807, 2.05) is 46.8 Å². The van der Waals surface area contributed by atoms with Gasteiger partial charge in [0.15, 0.2) is 27.7 Å². The fraction of sp³-hybridized carbons (Fsp3) is 0.279. The Hall–Kier alpha value is -4.52. The minimum Gasteiger partial charge on any atom is -0.443 e. The molecule has 5 rings (SSSR count). The average Bonchev–Trinajstić information content (AvgIpc) is 3.76. The molecule has 52 heavy (non-hydrogen) atoms. The molecule has 2 aromatic heterocycles. The Bertz CT molecular complexity index is 1730. The van der Waals surface area contributed by atoms with E-state index in [1.165, 1.54) is 20.5 Å². The van der Waals surface area contributed by atoms with Crippen molar-refractivity contribution < 1.29 is 23.9 Å². The molecule has 0 atom stereocenters. The third-order valence-corrected chi connectivity index (χ3v) is 14.2. The summed E-state index contributed by atoms with van der Waals surface area (Å²) in [6, 6.07) is 39.3. The molecule has 0 unspecified atom stereocenters. The van der Waals surface area contributed by atoms with E-state index in [0.717, 1.165) is 23.5 Å². The molecule has 0 spiro atoms. The molecule has 9 heteroatoms. The zero-order valence-corrected chi connectivity index (χ0v) is 34.0. The Kier molecular flexibility index (Phi) is 15.2. The first kappa shape index (κ1) is 41.9. The van der Waals surface area contributed by atoms with Gasteiger partial charge in [-0.2, -0.15) is 0 Å². The number of aryl methyl sites for hydroxylation is 2. The minimum absolute atomic E-state index is 0.325. The summed E-state index contributed by atoms with van der Waals surface area (Å²) in [6.07, 6.45) is 2.92. The maximum absolute atomic E-state index is 12.0. The van der Waals surface area contributed by atoms with Gasteiger partial charge in [-0.15, -0.1) is 0 Å². The van der Waals surface area contributed by atoms with Gasteiger partial charge in [0, 0.05) is 11.4 Å². The fourth-order valence-corrected chi connectivity index (χ4v) is 9.98. The molecule has 0 bridgehead atoms. The molecule has 0 amide bonds. The Morgan fingerprint density at radius 3 is 1.23 bits per heavy atom. The average molecular weight is 787 g/mol. The molecule has 0 N–H and O–H groups in total. The van der Waals surface area contributed by atoms with E-state index in [4.69, 9.17) is 9.47 Å². The molecule has 7 nitrogen and oxygen atoms in total. The maximum atomic E-state index is 12.0. The largest absolute Gasteiger partial charge is 0.443 e. The number of carbonyl (C=O) groups is 3. The number of carbonyl (C=O) groups excluding carboxylic acids is 3. The van der Waals surface area contributed by atoms with Gasteiger partial charge in [-0.25, -0.2) is 14.2 Å². The highest BCUT2D eigenvalue weighted by atomic mass is 79.9. The van der Waals surface area contributed by atoms with Crippen LogP contribution in [0.2, 0.25) is 0 Å². The molecule has 5 aromatic rings. The molecule has 274 valence electrons. The van der Waals surface area contributed by atoms with Gasteiger partial charge in [0.2, 0.25) is 0 Å². The lowest BCUT2D eigenvalue weighted by molar-refractivity contribution is 0.0518. The van der Waals surface area contributed by atoms with Crippen molar-refractivity contribution in [3.05, 3.63) is 145 Å². The maximum Gasteiger partial charge on any atom is 0.419 e. The van der Waals surface area contributed by atoms with Crippen molar-refractivity contribution in [2.24, 2.45) is 0 Å². The van der Waals surface area contributed by atoms with Gasteiger partial charge in [-0.05, 0) is 121 Å². The van der Waals surface area contributed by atoms with Gasteiger partial charge in [0.25, 0.3) is 0 Å². The van der Waals surface area contributed by atoms with Crippen LogP contribution in [0.25, 0.3) is 6.08 Å². The summed E-state index contributed by atoms with van der Waals surface area (Å²) in [4.78, 5) is 34.6. The van der Waals surface area contributed by atoms with Crippen molar-refractivity contribution in [1.29, 1.82) is 0 Å². The van der Waals surface area contributed by atoms with Crippen molar-refractivity contribution in [2.75, 3.05) is 0 Å². The first-order valence-corrected chi connectivity index (χ1v) is 21.1. The molecule has 0 aliphatic heterocycles. The molecule has 0 saturated heterocycles. The summed E-state index contributed by atoms with van der Waals surface area (Å²) in [5.41, 5.74) is 1.76. The van der Waals surface area contributed by atoms with Gasteiger partial charge in [0.05, 0.1) is 11.4 Å². The molecular weight excluding hydrogens is 735 g/mol. The van der Waals surface area contributed by atoms with Crippen LogP contribution in [0.4, 0.5) is 9.59 Å². The number of ether oxygens (including phenoxy) is 2. The van der Waals surface area contributed by atoms with Crippen LogP contribution in [0, 0.1) is 0 Å². The number of aldehydes is 1. The van der Waals surface area contributed by atoms with E-state index in [0.29, 0.717) is 18.4 Å². The highest BCUT2D eigenvalue weighted by Gasteiger charge is 2.43. The van der Waals surface area contributed by atoms with Crippen LogP contribution in [-0.2, 0) is 22.3 Å². The van der Waals surface area contributed by atoms with Crippen molar-refractivity contribution in [3.8, 4) is 0 Å². The summed E-state index contributed by atoms with van der Waals surface area (Å²) in [7, 11) is 0. The monoisotopic (exact) mass is 785 g/mol. The standard InChI is InChI=1S/C18H15BrP.C13H19NO2.C12H17NO3/c19-20(16-10-4-1-5-11-16,17-12-6-2-7-13-17)18-14-8-3-9-15-18;1-6-10-8-9-11(7-2)14(10)12(15)16-13(3,4)5;1-5-9-6-7-10(8-14)13(9)11(15)16-12(2,3)4/h1-15H;6,8-9H,1,7H2,2-5H3;6-8H,5H2,1-4H3/q+1;;. The van der Waals surface area contributed by atoms with E-state index >= 15 is 0 Å². The molecule has 0 aliphatic carbocycles. The van der Waals surface area contributed by atoms with Gasteiger partial charge in [-0.3, -0.25) is 9.36 Å². The number of nitrogens with zero attached hydrogens (tertiary/aromatic N) is 2. The van der Waals surface area contributed by atoms with Crippen LogP contribution in [0.15, 0.2) is 122 Å². The number of hydrogen-bond donors (Lipinski definition) is 0. The molecule has 0 fully saturated rings. The second-order valence-electron chi connectivity index (χ2n) is 13.8. The number of aromatic nitrogens is 2.